The number of nitrogens with zero attached hydrogens (tertiary/aromatic N) is 2. The number of ether oxygens (including phenoxy) is 1. The van der Waals surface area contributed by atoms with E-state index in [0.29, 0.717) is 11.3 Å². The zero-order valence-electron chi connectivity index (χ0n) is 17.5. The Morgan fingerprint density at radius 1 is 1.06 bits per heavy atom. The Morgan fingerprint density at radius 3 is 2.53 bits per heavy atom. The molecule has 0 aliphatic rings. The molecule has 0 saturated carbocycles. The maximum absolute atomic E-state index is 14.4. The third-order valence-corrected chi connectivity index (χ3v) is 7.56. The summed E-state index contributed by atoms with van der Waals surface area (Å²) in [6.07, 6.45) is 4.44. The number of benzene rings is 2. The molecule has 2 aromatic heterocycles. The van der Waals surface area contributed by atoms with E-state index in [1.165, 1.54) is 30.2 Å². The van der Waals surface area contributed by atoms with Gasteiger partial charge in [-0.05, 0) is 54.4 Å². The fraction of sp³-hybridized carbons (Fsp3) is 0.125. The predicted octanol–water partition coefficient (Wildman–Crippen LogP) is 5.54. The number of aryl methyl sites for hydroxylation is 1. The van der Waals surface area contributed by atoms with Gasteiger partial charge in [-0.1, -0.05) is 24.3 Å². The van der Waals surface area contributed by atoms with Crippen LogP contribution in [0.25, 0.3) is 11.3 Å². The van der Waals surface area contributed by atoms with E-state index < -0.39 is 15.8 Å². The van der Waals surface area contributed by atoms with Crippen LogP contribution in [0.4, 0.5) is 4.39 Å². The highest BCUT2D eigenvalue weighted by molar-refractivity contribution is 7.98. The van der Waals surface area contributed by atoms with E-state index in [4.69, 9.17) is 4.74 Å². The first-order valence-electron chi connectivity index (χ1n) is 9.79. The van der Waals surface area contributed by atoms with Crippen LogP contribution in [0, 0.1) is 12.7 Å². The van der Waals surface area contributed by atoms with Crippen LogP contribution < -0.4 is 4.74 Å². The van der Waals surface area contributed by atoms with Crippen molar-refractivity contribution in [3.8, 4) is 17.0 Å². The Morgan fingerprint density at radius 2 is 1.81 bits per heavy atom. The van der Waals surface area contributed by atoms with Crippen molar-refractivity contribution in [3.05, 3.63) is 96.2 Å². The molecule has 0 bridgehead atoms. The first kappa shape index (κ1) is 22.1. The molecule has 4 rings (SSSR count). The summed E-state index contributed by atoms with van der Waals surface area (Å²) in [5.74, 6) is 0.948. The second-order valence-electron chi connectivity index (χ2n) is 7.18. The fourth-order valence-corrected chi connectivity index (χ4v) is 5.61. The number of hydrogen-bond donors (Lipinski definition) is 0. The minimum Gasteiger partial charge on any atom is -0.497 e. The number of pyridine rings is 1. The summed E-state index contributed by atoms with van der Waals surface area (Å²) < 4.78 is 47.5. The Kier molecular flexibility index (Phi) is 6.34. The van der Waals surface area contributed by atoms with Gasteiger partial charge in [0.05, 0.1) is 12.8 Å². The lowest BCUT2D eigenvalue weighted by molar-refractivity contribution is 0.414. The highest BCUT2D eigenvalue weighted by atomic mass is 32.2. The standard InChI is InChI=1S/C24H21FN2O3S2/c1-17-11-24(22-5-3-4-6-23(22)25)27(15-17)32(28,29)21-12-20(13-26-14-21)31-16-18-7-9-19(30-2)10-8-18/h3-15H,16H2,1-2H3. The highest BCUT2D eigenvalue weighted by Crippen LogP contribution is 2.30. The largest absolute Gasteiger partial charge is 0.497 e. The molecule has 5 nitrogen and oxygen atoms in total. The maximum atomic E-state index is 14.4. The van der Waals surface area contributed by atoms with Crippen LogP contribution in [-0.2, 0) is 15.8 Å². The van der Waals surface area contributed by atoms with Gasteiger partial charge in [-0.15, -0.1) is 11.8 Å². The average Bonchev–Trinajstić information content (AvgIpc) is 3.21. The molecule has 0 fully saturated rings. The molecule has 0 N–H and O–H groups in total. The Balaban J connectivity index is 1.63. The molecule has 8 heteroatoms. The molecule has 0 unspecified atom stereocenters. The van der Waals surface area contributed by atoms with Crippen LogP contribution in [0.3, 0.4) is 0 Å². The van der Waals surface area contributed by atoms with Crippen molar-refractivity contribution in [2.24, 2.45) is 0 Å². The lowest BCUT2D eigenvalue weighted by Crippen LogP contribution is -2.14. The number of aromatic nitrogens is 2. The van der Waals surface area contributed by atoms with E-state index in [2.05, 4.69) is 4.98 Å². The lowest BCUT2D eigenvalue weighted by Gasteiger charge is -2.12. The Labute approximate surface area is 190 Å². The van der Waals surface area contributed by atoms with E-state index in [9.17, 15) is 12.8 Å². The molecule has 164 valence electrons. The molecule has 32 heavy (non-hydrogen) atoms. The minimum atomic E-state index is -3.97. The van der Waals surface area contributed by atoms with Crippen molar-refractivity contribution in [2.75, 3.05) is 7.11 Å². The van der Waals surface area contributed by atoms with Crippen molar-refractivity contribution in [1.82, 2.24) is 8.96 Å². The van der Waals surface area contributed by atoms with Gasteiger partial charge >= 0.3 is 0 Å². The first-order valence-corrected chi connectivity index (χ1v) is 12.2. The van der Waals surface area contributed by atoms with Gasteiger partial charge in [0.25, 0.3) is 10.0 Å². The Bertz CT molecular complexity index is 1350. The minimum absolute atomic E-state index is 0.0467. The average molecular weight is 469 g/mol. The van der Waals surface area contributed by atoms with Gasteiger partial charge in [0, 0.05) is 34.8 Å². The van der Waals surface area contributed by atoms with Gasteiger partial charge in [0.2, 0.25) is 0 Å². The highest BCUT2D eigenvalue weighted by Gasteiger charge is 2.23. The third-order valence-electron chi connectivity index (χ3n) is 4.88. The van der Waals surface area contributed by atoms with Crippen molar-refractivity contribution in [3.63, 3.8) is 0 Å². The molecule has 0 amide bonds. The summed E-state index contributed by atoms with van der Waals surface area (Å²) in [6.45, 7) is 1.77. The monoisotopic (exact) mass is 468 g/mol. The van der Waals surface area contributed by atoms with Crippen LogP contribution in [0.5, 0.6) is 5.75 Å². The number of rotatable bonds is 7. The quantitative estimate of drug-likeness (QED) is 0.334. The topological polar surface area (TPSA) is 61.2 Å². The maximum Gasteiger partial charge on any atom is 0.269 e. The van der Waals surface area contributed by atoms with Gasteiger partial charge < -0.3 is 4.74 Å². The van der Waals surface area contributed by atoms with E-state index in [-0.39, 0.29) is 16.2 Å². The van der Waals surface area contributed by atoms with Crippen LogP contribution in [0.1, 0.15) is 11.1 Å². The molecular weight excluding hydrogens is 447 g/mol. The molecule has 0 saturated heterocycles. The zero-order chi connectivity index (χ0) is 22.7. The second-order valence-corrected chi connectivity index (χ2v) is 10.0. The number of hydrogen-bond acceptors (Lipinski definition) is 5. The summed E-state index contributed by atoms with van der Waals surface area (Å²) >= 11 is 1.48. The predicted molar refractivity (Wildman–Crippen MR) is 124 cm³/mol. The summed E-state index contributed by atoms with van der Waals surface area (Å²) in [7, 11) is -2.35. The molecular formula is C24H21FN2O3S2. The third kappa shape index (κ3) is 4.56. The van der Waals surface area contributed by atoms with Gasteiger partial charge in [-0.25, -0.2) is 16.8 Å². The molecule has 2 heterocycles. The summed E-state index contributed by atoms with van der Waals surface area (Å²) in [5.41, 5.74) is 2.29. The number of methoxy groups -OCH3 is 1. The van der Waals surface area contributed by atoms with E-state index in [0.717, 1.165) is 20.2 Å². The summed E-state index contributed by atoms with van der Waals surface area (Å²) in [4.78, 5) is 4.90. The van der Waals surface area contributed by atoms with Crippen LogP contribution in [0.2, 0.25) is 0 Å². The lowest BCUT2D eigenvalue weighted by atomic mass is 10.1. The van der Waals surface area contributed by atoms with Gasteiger partial charge in [0.1, 0.15) is 16.5 Å². The molecule has 4 aromatic rings. The smallest absolute Gasteiger partial charge is 0.269 e. The Hall–Kier alpha value is -3.10. The van der Waals surface area contributed by atoms with Crippen molar-refractivity contribution >= 4 is 21.8 Å². The second kappa shape index (κ2) is 9.18. The number of halogens is 1. The van der Waals surface area contributed by atoms with Gasteiger partial charge in [-0.3, -0.25) is 4.98 Å². The van der Waals surface area contributed by atoms with Crippen LogP contribution >= 0.6 is 11.8 Å². The zero-order valence-corrected chi connectivity index (χ0v) is 19.2. The van der Waals surface area contributed by atoms with Crippen LogP contribution in [-0.4, -0.2) is 24.5 Å². The molecule has 0 spiro atoms. The molecule has 0 aliphatic carbocycles. The summed E-state index contributed by atoms with van der Waals surface area (Å²) in [6, 6.07) is 17.1. The van der Waals surface area contributed by atoms with Gasteiger partial charge in [0.15, 0.2) is 0 Å². The molecule has 0 atom stereocenters. The van der Waals surface area contributed by atoms with Crippen molar-refractivity contribution < 1.29 is 17.5 Å². The van der Waals surface area contributed by atoms with Gasteiger partial charge in [-0.2, -0.15) is 0 Å². The molecule has 0 aliphatic heterocycles. The first-order chi connectivity index (χ1) is 15.4. The van der Waals surface area contributed by atoms with E-state index in [1.54, 1.807) is 50.6 Å². The van der Waals surface area contributed by atoms with Crippen molar-refractivity contribution in [2.45, 2.75) is 22.5 Å². The van der Waals surface area contributed by atoms with E-state index in [1.807, 2.05) is 24.3 Å². The molecule has 0 radical (unpaired) electrons. The normalized spacial score (nSPS) is 11.5. The SMILES string of the molecule is COc1ccc(CSc2cncc(S(=O)(=O)n3cc(C)cc3-c3ccccc3F)c2)cc1. The fourth-order valence-electron chi connectivity index (χ4n) is 3.26. The van der Waals surface area contributed by atoms with Crippen molar-refractivity contribution in [1.29, 1.82) is 0 Å². The number of thioether (sulfide) groups is 1. The van der Waals surface area contributed by atoms with E-state index >= 15 is 0 Å². The van der Waals surface area contributed by atoms with Crippen LogP contribution in [0.15, 0.2) is 89.0 Å². The molecule has 2 aromatic carbocycles. The summed E-state index contributed by atoms with van der Waals surface area (Å²) in [5, 5.41) is 0.